The SMILES string of the molecule is CCC(Nc1cc(C)cc(F)c1)c1ccccc1O. The maximum Gasteiger partial charge on any atom is 0.125 e. The molecule has 0 aliphatic rings. The highest BCUT2D eigenvalue weighted by molar-refractivity contribution is 5.49. The van der Waals surface area contributed by atoms with Gasteiger partial charge >= 0.3 is 0 Å². The van der Waals surface area contributed by atoms with E-state index in [-0.39, 0.29) is 17.6 Å². The Hall–Kier alpha value is -2.03. The second-order valence-corrected chi connectivity index (χ2v) is 4.68. The number of rotatable bonds is 4. The number of hydrogen-bond donors (Lipinski definition) is 2. The summed E-state index contributed by atoms with van der Waals surface area (Å²) in [4.78, 5) is 0. The molecule has 0 aliphatic heterocycles. The molecule has 0 heterocycles. The highest BCUT2D eigenvalue weighted by Gasteiger charge is 2.13. The Bertz CT molecular complexity index is 548. The lowest BCUT2D eigenvalue weighted by molar-refractivity contribution is 0.463. The van der Waals surface area contributed by atoms with Gasteiger partial charge in [0, 0.05) is 11.3 Å². The summed E-state index contributed by atoms with van der Waals surface area (Å²) >= 11 is 0. The smallest absolute Gasteiger partial charge is 0.125 e. The van der Waals surface area contributed by atoms with Gasteiger partial charge in [0.2, 0.25) is 0 Å². The second-order valence-electron chi connectivity index (χ2n) is 4.68. The van der Waals surface area contributed by atoms with E-state index in [2.05, 4.69) is 5.32 Å². The molecule has 0 bridgehead atoms. The third-order valence-electron chi connectivity index (χ3n) is 3.10. The minimum Gasteiger partial charge on any atom is -0.508 e. The van der Waals surface area contributed by atoms with Gasteiger partial charge in [-0.3, -0.25) is 0 Å². The van der Waals surface area contributed by atoms with E-state index in [1.165, 1.54) is 12.1 Å². The molecule has 2 aromatic carbocycles. The molecule has 100 valence electrons. The van der Waals surface area contributed by atoms with Gasteiger partial charge in [0.1, 0.15) is 11.6 Å². The van der Waals surface area contributed by atoms with Gasteiger partial charge in [0.25, 0.3) is 0 Å². The molecule has 0 radical (unpaired) electrons. The van der Waals surface area contributed by atoms with Gasteiger partial charge in [-0.25, -0.2) is 4.39 Å². The summed E-state index contributed by atoms with van der Waals surface area (Å²) in [6, 6.07) is 12.0. The number of anilines is 1. The van der Waals surface area contributed by atoms with Crippen molar-refractivity contribution < 1.29 is 9.50 Å². The van der Waals surface area contributed by atoms with Crippen LogP contribution in [0.2, 0.25) is 0 Å². The van der Waals surface area contributed by atoms with E-state index in [0.717, 1.165) is 23.2 Å². The van der Waals surface area contributed by atoms with Crippen LogP contribution in [0.5, 0.6) is 5.75 Å². The van der Waals surface area contributed by atoms with Crippen LogP contribution in [0.1, 0.15) is 30.5 Å². The monoisotopic (exact) mass is 259 g/mol. The van der Waals surface area contributed by atoms with Crippen molar-refractivity contribution >= 4 is 5.69 Å². The fourth-order valence-electron chi connectivity index (χ4n) is 2.20. The van der Waals surface area contributed by atoms with Crippen LogP contribution in [0.25, 0.3) is 0 Å². The molecular formula is C16H18FNO. The average Bonchev–Trinajstić information content (AvgIpc) is 2.36. The fourth-order valence-corrected chi connectivity index (χ4v) is 2.20. The summed E-state index contributed by atoms with van der Waals surface area (Å²) in [5.74, 6) is 0.00427. The highest BCUT2D eigenvalue weighted by Crippen LogP contribution is 2.29. The number of aryl methyl sites for hydroxylation is 1. The Morgan fingerprint density at radius 1 is 1.21 bits per heavy atom. The maximum absolute atomic E-state index is 13.4. The van der Waals surface area contributed by atoms with Crippen LogP contribution in [-0.4, -0.2) is 5.11 Å². The zero-order chi connectivity index (χ0) is 13.8. The predicted molar refractivity (Wildman–Crippen MR) is 75.9 cm³/mol. The first kappa shape index (κ1) is 13.4. The second kappa shape index (κ2) is 5.74. The Balaban J connectivity index is 2.26. The number of phenols is 1. The number of phenolic OH excluding ortho intramolecular Hbond substituents is 1. The lowest BCUT2D eigenvalue weighted by Crippen LogP contribution is -2.10. The van der Waals surface area contributed by atoms with Crippen LogP contribution in [-0.2, 0) is 0 Å². The van der Waals surface area contributed by atoms with Crippen LogP contribution in [0, 0.1) is 12.7 Å². The number of benzene rings is 2. The number of halogens is 1. The van der Waals surface area contributed by atoms with Crippen LogP contribution in [0.15, 0.2) is 42.5 Å². The van der Waals surface area contributed by atoms with E-state index in [0.29, 0.717) is 0 Å². The lowest BCUT2D eigenvalue weighted by Gasteiger charge is -2.20. The summed E-state index contributed by atoms with van der Waals surface area (Å²) in [5.41, 5.74) is 2.43. The minimum atomic E-state index is -0.255. The first-order valence-corrected chi connectivity index (χ1v) is 6.41. The lowest BCUT2D eigenvalue weighted by atomic mass is 10.0. The molecule has 0 aromatic heterocycles. The molecule has 0 saturated heterocycles. The molecule has 0 aliphatic carbocycles. The Morgan fingerprint density at radius 3 is 2.58 bits per heavy atom. The summed E-state index contributed by atoms with van der Waals surface area (Å²) in [7, 11) is 0. The van der Waals surface area contributed by atoms with Crippen molar-refractivity contribution in [3.8, 4) is 5.75 Å². The number of hydrogen-bond acceptors (Lipinski definition) is 2. The average molecular weight is 259 g/mol. The molecular weight excluding hydrogens is 241 g/mol. The predicted octanol–water partition coefficient (Wildman–Crippen LogP) is 4.40. The van der Waals surface area contributed by atoms with E-state index < -0.39 is 0 Å². The van der Waals surface area contributed by atoms with Crippen molar-refractivity contribution in [2.75, 3.05) is 5.32 Å². The first-order valence-electron chi connectivity index (χ1n) is 6.41. The molecule has 0 saturated carbocycles. The number of para-hydroxylation sites is 1. The van der Waals surface area contributed by atoms with Crippen LogP contribution >= 0.6 is 0 Å². The third kappa shape index (κ3) is 3.25. The van der Waals surface area contributed by atoms with Crippen LogP contribution in [0.3, 0.4) is 0 Å². The first-order chi connectivity index (χ1) is 9.10. The normalized spacial score (nSPS) is 12.2. The molecule has 0 amide bonds. The van der Waals surface area contributed by atoms with Crippen molar-refractivity contribution in [2.45, 2.75) is 26.3 Å². The van der Waals surface area contributed by atoms with Crippen molar-refractivity contribution in [2.24, 2.45) is 0 Å². The van der Waals surface area contributed by atoms with Gasteiger partial charge < -0.3 is 10.4 Å². The van der Waals surface area contributed by atoms with Crippen LogP contribution in [0.4, 0.5) is 10.1 Å². The Kier molecular flexibility index (Phi) is 4.05. The van der Waals surface area contributed by atoms with Gasteiger partial charge in [-0.05, 0) is 43.2 Å². The molecule has 1 unspecified atom stereocenters. The van der Waals surface area contributed by atoms with Crippen LogP contribution < -0.4 is 5.32 Å². The minimum absolute atomic E-state index is 0.0394. The molecule has 2 rings (SSSR count). The zero-order valence-corrected chi connectivity index (χ0v) is 11.2. The van der Waals surface area contributed by atoms with E-state index in [4.69, 9.17) is 0 Å². The van der Waals surface area contributed by atoms with Gasteiger partial charge in [-0.1, -0.05) is 25.1 Å². The van der Waals surface area contributed by atoms with Gasteiger partial charge in [-0.2, -0.15) is 0 Å². The molecule has 1 atom stereocenters. The third-order valence-corrected chi connectivity index (χ3v) is 3.10. The van der Waals surface area contributed by atoms with E-state index >= 15 is 0 Å². The quantitative estimate of drug-likeness (QED) is 0.852. The maximum atomic E-state index is 13.4. The Morgan fingerprint density at radius 2 is 1.95 bits per heavy atom. The van der Waals surface area contributed by atoms with E-state index in [1.54, 1.807) is 12.1 Å². The molecule has 2 aromatic rings. The largest absolute Gasteiger partial charge is 0.508 e. The van der Waals surface area contributed by atoms with Gasteiger partial charge in [0.05, 0.1) is 6.04 Å². The van der Waals surface area contributed by atoms with Crippen molar-refractivity contribution in [3.63, 3.8) is 0 Å². The molecule has 0 spiro atoms. The highest BCUT2D eigenvalue weighted by atomic mass is 19.1. The van der Waals surface area contributed by atoms with Crippen molar-refractivity contribution in [1.29, 1.82) is 0 Å². The number of nitrogens with one attached hydrogen (secondary N) is 1. The molecule has 0 fully saturated rings. The number of aromatic hydroxyl groups is 1. The molecule has 2 N–H and O–H groups in total. The van der Waals surface area contributed by atoms with Crippen molar-refractivity contribution in [1.82, 2.24) is 0 Å². The summed E-state index contributed by atoms with van der Waals surface area (Å²) in [6.45, 7) is 3.88. The summed E-state index contributed by atoms with van der Waals surface area (Å²) in [5, 5.41) is 13.2. The molecule has 3 heteroatoms. The van der Waals surface area contributed by atoms with Gasteiger partial charge in [0.15, 0.2) is 0 Å². The van der Waals surface area contributed by atoms with E-state index in [9.17, 15) is 9.50 Å². The Labute approximate surface area is 112 Å². The summed E-state index contributed by atoms with van der Waals surface area (Å²) in [6.07, 6.45) is 0.799. The van der Waals surface area contributed by atoms with Gasteiger partial charge in [-0.15, -0.1) is 0 Å². The molecule has 19 heavy (non-hydrogen) atoms. The standard InChI is InChI=1S/C16H18FNO/c1-3-15(14-6-4-5-7-16(14)19)18-13-9-11(2)8-12(17)10-13/h4-10,15,18-19H,3H2,1-2H3. The van der Waals surface area contributed by atoms with E-state index in [1.807, 2.05) is 32.0 Å². The fraction of sp³-hybridized carbons (Fsp3) is 0.250. The van der Waals surface area contributed by atoms with Crippen molar-refractivity contribution in [3.05, 3.63) is 59.4 Å². The zero-order valence-electron chi connectivity index (χ0n) is 11.2. The topological polar surface area (TPSA) is 32.3 Å². The molecule has 2 nitrogen and oxygen atoms in total. The summed E-state index contributed by atoms with van der Waals surface area (Å²) < 4.78 is 13.4.